The second kappa shape index (κ2) is 9.26. The molecule has 0 spiro atoms. The maximum absolute atomic E-state index is 12.8. The fourth-order valence-electron chi connectivity index (χ4n) is 4.19. The summed E-state index contributed by atoms with van der Waals surface area (Å²) in [4.78, 5) is 24.1. The van der Waals surface area contributed by atoms with Gasteiger partial charge < -0.3 is 19.8 Å². The van der Waals surface area contributed by atoms with Gasteiger partial charge in [-0.2, -0.15) is 0 Å². The third-order valence-electron chi connectivity index (χ3n) is 5.56. The molecular weight excluding hydrogens is 348 g/mol. The Hall–Kier alpha value is -1.02. The number of aryl methyl sites for hydroxylation is 1. The van der Waals surface area contributed by atoms with Crippen molar-refractivity contribution < 1.29 is 9.90 Å². The molecule has 1 aromatic heterocycles. The summed E-state index contributed by atoms with van der Waals surface area (Å²) in [5, 5.41) is 12.7. The molecule has 1 amide bonds. The first kappa shape index (κ1) is 19.7. The van der Waals surface area contributed by atoms with E-state index in [4.69, 9.17) is 0 Å². The summed E-state index contributed by atoms with van der Waals surface area (Å²) in [6.45, 7) is 9.17. The summed E-state index contributed by atoms with van der Waals surface area (Å²) in [5.74, 6) is 0.795. The minimum Gasteiger partial charge on any atom is -0.396 e. The fourth-order valence-corrected chi connectivity index (χ4v) is 4.80. The van der Waals surface area contributed by atoms with Crippen molar-refractivity contribution >= 4 is 17.2 Å². The summed E-state index contributed by atoms with van der Waals surface area (Å²) in [5.41, 5.74) is 0.871. The van der Waals surface area contributed by atoms with Crippen molar-refractivity contribution in [2.45, 2.75) is 26.2 Å². The van der Waals surface area contributed by atoms with E-state index in [9.17, 15) is 9.90 Å². The van der Waals surface area contributed by atoms with Gasteiger partial charge in [0.05, 0.1) is 17.1 Å². The minimum atomic E-state index is 0.147. The summed E-state index contributed by atoms with van der Waals surface area (Å²) in [6, 6.07) is 0. The van der Waals surface area contributed by atoms with Gasteiger partial charge in [-0.3, -0.25) is 4.79 Å². The van der Waals surface area contributed by atoms with Crippen LogP contribution in [-0.4, -0.2) is 90.2 Å². The molecule has 0 bridgehead atoms. The number of thiazole rings is 1. The quantitative estimate of drug-likeness (QED) is 0.829. The van der Waals surface area contributed by atoms with Crippen LogP contribution in [-0.2, 0) is 11.2 Å². The lowest BCUT2D eigenvalue weighted by Gasteiger charge is -2.39. The predicted octanol–water partition coefficient (Wildman–Crippen LogP) is 1.09. The molecule has 0 aromatic carbocycles. The van der Waals surface area contributed by atoms with Crippen molar-refractivity contribution in [2.75, 3.05) is 59.5 Å². The smallest absolute Gasteiger partial charge is 0.228 e. The van der Waals surface area contributed by atoms with Gasteiger partial charge in [0, 0.05) is 44.7 Å². The van der Waals surface area contributed by atoms with Crippen LogP contribution in [0.2, 0.25) is 0 Å². The van der Waals surface area contributed by atoms with Crippen molar-refractivity contribution in [1.82, 2.24) is 19.7 Å². The summed E-state index contributed by atoms with van der Waals surface area (Å²) in [6.07, 6.45) is 2.60. The standard InChI is InChI=1S/C19H32N4O2S/c1-15-20-18(14-26-15)9-19(25)23-11-16(8-17(12-23)13-24)10-22-5-3-4-21(2)6-7-22/h14,16-17,24H,3-13H2,1-2H3/t16-,17+/m0/s1. The highest BCUT2D eigenvalue weighted by Crippen LogP contribution is 2.24. The maximum atomic E-state index is 12.8. The van der Waals surface area contributed by atoms with Gasteiger partial charge in [0.2, 0.25) is 5.91 Å². The molecule has 3 heterocycles. The van der Waals surface area contributed by atoms with Crippen LogP contribution >= 0.6 is 11.3 Å². The van der Waals surface area contributed by atoms with Crippen LogP contribution in [0, 0.1) is 18.8 Å². The Labute approximate surface area is 160 Å². The van der Waals surface area contributed by atoms with E-state index >= 15 is 0 Å². The van der Waals surface area contributed by atoms with E-state index in [1.807, 2.05) is 17.2 Å². The van der Waals surface area contributed by atoms with Crippen molar-refractivity contribution in [1.29, 1.82) is 0 Å². The lowest BCUT2D eigenvalue weighted by Crippen LogP contribution is -2.48. The molecule has 3 rings (SSSR count). The highest BCUT2D eigenvalue weighted by Gasteiger charge is 2.31. The Kier molecular flexibility index (Phi) is 7.03. The normalized spacial score (nSPS) is 26.0. The minimum absolute atomic E-state index is 0.147. The van der Waals surface area contributed by atoms with Crippen LogP contribution in [0.5, 0.6) is 0 Å². The van der Waals surface area contributed by atoms with E-state index < -0.39 is 0 Å². The molecule has 2 saturated heterocycles. The number of hydrogen-bond donors (Lipinski definition) is 1. The Morgan fingerprint density at radius 2 is 2.08 bits per heavy atom. The SMILES string of the molecule is Cc1nc(CC(=O)N2C[C@H](CO)C[C@@H](CN3CCCN(C)CC3)C2)cs1. The van der Waals surface area contributed by atoms with Crippen LogP contribution in [0.4, 0.5) is 0 Å². The maximum Gasteiger partial charge on any atom is 0.228 e. The third kappa shape index (κ3) is 5.49. The molecule has 1 aromatic rings. The number of aliphatic hydroxyl groups excluding tert-OH is 1. The average molecular weight is 381 g/mol. The number of carbonyl (C=O) groups is 1. The van der Waals surface area contributed by atoms with Crippen molar-refractivity contribution in [3.8, 4) is 0 Å². The van der Waals surface area contributed by atoms with E-state index in [0.29, 0.717) is 18.9 Å². The van der Waals surface area contributed by atoms with Gasteiger partial charge >= 0.3 is 0 Å². The van der Waals surface area contributed by atoms with Crippen LogP contribution < -0.4 is 0 Å². The van der Waals surface area contributed by atoms with Gasteiger partial charge in [-0.25, -0.2) is 4.98 Å². The number of carbonyl (C=O) groups excluding carboxylic acids is 1. The topological polar surface area (TPSA) is 59.9 Å². The van der Waals surface area contributed by atoms with Gasteiger partial charge in [0.1, 0.15) is 0 Å². The molecule has 2 aliphatic heterocycles. The molecule has 26 heavy (non-hydrogen) atoms. The van der Waals surface area contributed by atoms with Crippen molar-refractivity contribution in [3.63, 3.8) is 0 Å². The molecule has 0 radical (unpaired) electrons. The van der Waals surface area contributed by atoms with Gasteiger partial charge in [0.15, 0.2) is 0 Å². The van der Waals surface area contributed by atoms with E-state index in [1.165, 1.54) is 6.42 Å². The lowest BCUT2D eigenvalue weighted by atomic mass is 9.89. The van der Waals surface area contributed by atoms with Crippen molar-refractivity contribution in [3.05, 3.63) is 16.1 Å². The zero-order valence-electron chi connectivity index (χ0n) is 16.1. The number of nitrogens with zero attached hydrogens (tertiary/aromatic N) is 4. The second-order valence-electron chi connectivity index (χ2n) is 7.94. The van der Waals surface area contributed by atoms with E-state index in [1.54, 1.807) is 11.3 Å². The van der Waals surface area contributed by atoms with Crippen LogP contribution in [0.25, 0.3) is 0 Å². The highest BCUT2D eigenvalue weighted by atomic mass is 32.1. The molecule has 146 valence electrons. The molecular formula is C19H32N4O2S. The Morgan fingerprint density at radius 3 is 2.81 bits per heavy atom. The van der Waals surface area contributed by atoms with Crippen LogP contribution in [0.3, 0.4) is 0 Å². The molecule has 0 unspecified atom stereocenters. The molecule has 6 nitrogen and oxygen atoms in total. The molecule has 0 aliphatic carbocycles. The third-order valence-corrected chi connectivity index (χ3v) is 6.38. The molecule has 2 aliphatic rings. The first-order valence-corrected chi connectivity index (χ1v) is 10.6. The molecule has 0 saturated carbocycles. The van der Waals surface area contributed by atoms with E-state index in [0.717, 1.165) is 56.4 Å². The number of rotatable bonds is 5. The largest absolute Gasteiger partial charge is 0.396 e. The monoisotopic (exact) mass is 380 g/mol. The van der Waals surface area contributed by atoms with Gasteiger partial charge in [-0.15, -0.1) is 11.3 Å². The first-order chi connectivity index (χ1) is 12.5. The molecule has 1 N–H and O–H groups in total. The number of aliphatic hydroxyl groups is 1. The Balaban J connectivity index is 1.57. The molecule has 7 heteroatoms. The molecule has 2 atom stereocenters. The Bertz CT molecular complexity index is 594. The summed E-state index contributed by atoms with van der Waals surface area (Å²) >= 11 is 1.59. The van der Waals surface area contributed by atoms with Crippen LogP contribution in [0.15, 0.2) is 5.38 Å². The number of piperidine rings is 1. The summed E-state index contributed by atoms with van der Waals surface area (Å²) < 4.78 is 0. The second-order valence-corrected chi connectivity index (χ2v) is 9.00. The zero-order valence-corrected chi connectivity index (χ0v) is 16.9. The fraction of sp³-hybridized carbons (Fsp3) is 0.789. The van der Waals surface area contributed by atoms with E-state index in [-0.39, 0.29) is 18.4 Å². The van der Waals surface area contributed by atoms with E-state index in [2.05, 4.69) is 21.8 Å². The number of hydrogen-bond acceptors (Lipinski definition) is 6. The number of amides is 1. The average Bonchev–Trinajstić information content (AvgIpc) is 2.92. The van der Waals surface area contributed by atoms with Crippen LogP contribution in [0.1, 0.15) is 23.5 Å². The number of likely N-dealkylation sites (N-methyl/N-ethyl adjacent to an activating group) is 1. The number of likely N-dealkylation sites (tertiary alicyclic amines) is 1. The van der Waals surface area contributed by atoms with Gasteiger partial charge in [-0.05, 0) is 51.7 Å². The Morgan fingerprint density at radius 1 is 1.27 bits per heavy atom. The lowest BCUT2D eigenvalue weighted by molar-refractivity contribution is -0.134. The molecule has 2 fully saturated rings. The summed E-state index contributed by atoms with van der Waals surface area (Å²) in [7, 11) is 2.19. The van der Waals surface area contributed by atoms with Crippen molar-refractivity contribution in [2.24, 2.45) is 11.8 Å². The predicted molar refractivity (Wildman–Crippen MR) is 104 cm³/mol. The van der Waals surface area contributed by atoms with Gasteiger partial charge in [-0.1, -0.05) is 0 Å². The zero-order chi connectivity index (χ0) is 18.5. The highest BCUT2D eigenvalue weighted by molar-refractivity contribution is 7.09. The number of aromatic nitrogens is 1. The first-order valence-electron chi connectivity index (χ1n) is 9.74. The van der Waals surface area contributed by atoms with Gasteiger partial charge in [0.25, 0.3) is 0 Å².